The maximum Gasteiger partial charge on any atom is 0.268 e. The van der Waals surface area contributed by atoms with Gasteiger partial charge in [-0.2, -0.15) is 0 Å². The van der Waals surface area contributed by atoms with E-state index in [0.717, 1.165) is 3.97 Å². The first-order chi connectivity index (χ1) is 9.64. The first-order valence-corrected chi connectivity index (χ1v) is 7.30. The highest BCUT2D eigenvalue weighted by molar-refractivity contribution is 7.90. The molecule has 0 saturated heterocycles. The van der Waals surface area contributed by atoms with Gasteiger partial charge in [0.2, 0.25) is 0 Å². The highest BCUT2D eigenvalue weighted by Gasteiger charge is 2.21. The lowest BCUT2D eigenvalue weighted by Crippen LogP contribution is -2.11. The molecule has 5 nitrogen and oxygen atoms in total. The molecule has 0 N–H and O–H groups in total. The maximum atomic E-state index is 12.6. The molecule has 3 rings (SSSR count). The van der Waals surface area contributed by atoms with E-state index in [9.17, 15) is 13.2 Å². The van der Waals surface area contributed by atoms with Crippen LogP contribution in [0.2, 0.25) is 0 Å². The third-order valence-electron chi connectivity index (χ3n) is 2.98. The molecule has 2 heterocycles. The monoisotopic (exact) mass is 286 g/mol. The third-order valence-corrected chi connectivity index (χ3v) is 4.67. The molecule has 0 aliphatic heterocycles. The molecule has 0 amide bonds. The van der Waals surface area contributed by atoms with Crippen LogP contribution in [0.5, 0.6) is 0 Å². The zero-order chi connectivity index (χ0) is 14.2. The van der Waals surface area contributed by atoms with Gasteiger partial charge in [0.1, 0.15) is 0 Å². The van der Waals surface area contributed by atoms with Crippen molar-refractivity contribution in [2.45, 2.75) is 4.90 Å². The summed E-state index contributed by atoms with van der Waals surface area (Å²) in [6, 6.07) is 11.3. The van der Waals surface area contributed by atoms with Gasteiger partial charge in [0.25, 0.3) is 10.0 Å². The summed E-state index contributed by atoms with van der Waals surface area (Å²) in [4.78, 5) is 15.3. The molecule has 0 atom stereocenters. The van der Waals surface area contributed by atoms with Gasteiger partial charge in [0, 0.05) is 12.4 Å². The van der Waals surface area contributed by atoms with Gasteiger partial charge in [-0.1, -0.05) is 18.2 Å². The molecule has 0 radical (unpaired) electrons. The lowest BCUT2D eigenvalue weighted by Gasteiger charge is -2.06. The van der Waals surface area contributed by atoms with Crippen molar-refractivity contribution < 1.29 is 13.2 Å². The largest absolute Gasteiger partial charge is 0.298 e. The van der Waals surface area contributed by atoms with E-state index in [-0.39, 0.29) is 10.5 Å². The number of carbonyl (C=O) groups is 1. The molecule has 2 aromatic heterocycles. The molecular formula is C14H10N2O3S. The molecule has 1 aromatic carbocycles. The fourth-order valence-corrected chi connectivity index (χ4v) is 3.43. The van der Waals surface area contributed by atoms with Gasteiger partial charge >= 0.3 is 0 Å². The Kier molecular flexibility index (Phi) is 2.87. The van der Waals surface area contributed by atoms with Crippen LogP contribution in [0.3, 0.4) is 0 Å². The molecule has 3 aromatic rings. The Labute approximate surface area is 115 Å². The second kappa shape index (κ2) is 4.57. The van der Waals surface area contributed by atoms with Crippen LogP contribution in [0.1, 0.15) is 10.4 Å². The Morgan fingerprint density at radius 2 is 1.80 bits per heavy atom. The summed E-state index contributed by atoms with van der Waals surface area (Å²) in [5.74, 6) is 0. The molecule has 0 bridgehead atoms. The van der Waals surface area contributed by atoms with Crippen molar-refractivity contribution in [3.63, 3.8) is 0 Å². The van der Waals surface area contributed by atoms with Gasteiger partial charge in [-0.05, 0) is 24.3 Å². The van der Waals surface area contributed by atoms with E-state index in [1.54, 1.807) is 30.3 Å². The molecule has 20 heavy (non-hydrogen) atoms. The summed E-state index contributed by atoms with van der Waals surface area (Å²) in [6.07, 6.45) is 3.42. The zero-order valence-corrected chi connectivity index (χ0v) is 11.1. The van der Waals surface area contributed by atoms with E-state index in [1.165, 1.54) is 24.5 Å². The summed E-state index contributed by atoms with van der Waals surface area (Å²) in [7, 11) is -3.74. The predicted octanol–water partition coefficient (Wildman–Crippen LogP) is 2.09. The normalized spacial score (nSPS) is 11.6. The molecule has 0 saturated carbocycles. The van der Waals surface area contributed by atoms with Crippen LogP contribution in [0.15, 0.2) is 59.8 Å². The summed E-state index contributed by atoms with van der Waals surface area (Å²) >= 11 is 0. The van der Waals surface area contributed by atoms with Crippen molar-refractivity contribution in [3.05, 3.63) is 60.4 Å². The van der Waals surface area contributed by atoms with Crippen LogP contribution in [-0.2, 0) is 10.0 Å². The lowest BCUT2D eigenvalue weighted by atomic mass is 10.3. The van der Waals surface area contributed by atoms with Crippen molar-refractivity contribution in [1.82, 2.24) is 8.96 Å². The lowest BCUT2D eigenvalue weighted by molar-refractivity contribution is 0.112. The number of rotatable bonds is 3. The summed E-state index contributed by atoms with van der Waals surface area (Å²) in [5, 5.41) is 0. The number of pyridine rings is 1. The molecule has 0 aliphatic rings. The average molecular weight is 286 g/mol. The van der Waals surface area contributed by atoms with E-state index in [2.05, 4.69) is 4.98 Å². The van der Waals surface area contributed by atoms with Gasteiger partial charge in [0.15, 0.2) is 6.29 Å². The summed E-state index contributed by atoms with van der Waals surface area (Å²) in [5.41, 5.74) is 1.01. The van der Waals surface area contributed by atoms with Gasteiger partial charge in [-0.25, -0.2) is 12.4 Å². The Hall–Kier alpha value is -2.47. The van der Waals surface area contributed by atoms with Crippen molar-refractivity contribution in [2.24, 2.45) is 0 Å². The van der Waals surface area contributed by atoms with Gasteiger partial charge < -0.3 is 0 Å². The van der Waals surface area contributed by atoms with Gasteiger partial charge in [0.05, 0.1) is 21.5 Å². The quantitative estimate of drug-likeness (QED) is 0.691. The second-order valence-electron chi connectivity index (χ2n) is 4.19. The first kappa shape index (κ1) is 12.6. The standard InChI is InChI=1S/C14H10N2O3S/c17-10-11-9-16(13-7-4-8-15-14(11)13)20(18,19)12-5-2-1-3-6-12/h1-10H. The molecule has 100 valence electrons. The first-order valence-electron chi connectivity index (χ1n) is 5.86. The fraction of sp³-hybridized carbons (Fsp3) is 0. The number of fused-ring (bicyclic) bond motifs is 1. The Balaban J connectivity index is 2.33. The maximum absolute atomic E-state index is 12.6. The number of aldehydes is 1. The smallest absolute Gasteiger partial charge is 0.268 e. The Morgan fingerprint density at radius 3 is 2.50 bits per heavy atom. The van der Waals surface area contributed by atoms with Crippen LogP contribution in [0.25, 0.3) is 11.0 Å². The summed E-state index contributed by atoms with van der Waals surface area (Å²) < 4.78 is 26.3. The zero-order valence-electron chi connectivity index (χ0n) is 10.3. The predicted molar refractivity (Wildman–Crippen MR) is 74.1 cm³/mol. The van der Waals surface area contributed by atoms with E-state index >= 15 is 0 Å². The van der Waals surface area contributed by atoms with Crippen molar-refractivity contribution in [2.75, 3.05) is 0 Å². The molecule has 0 unspecified atom stereocenters. The topological polar surface area (TPSA) is 69.0 Å². The van der Waals surface area contributed by atoms with Crippen LogP contribution in [-0.4, -0.2) is 23.7 Å². The van der Waals surface area contributed by atoms with Crippen molar-refractivity contribution in [1.29, 1.82) is 0 Å². The molecule has 6 heteroatoms. The molecule has 0 fully saturated rings. The van der Waals surface area contributed by atoms with Crippen LogP contribution >= 0.6 is 0 Å². The number of hydrogen-bond donors (Lipinski definition) is 0. The number of benzene rings is 1. The van der Waals surface area contributed by atoms with Gasteiger partial charge in [-0.3, -0.25) is 9.78 Å². The minimum absolute atomic E-state index is 0.165. The third kappa shape index (κ3) is 1.81. The number of aromatic nitrogens is 2. The Morgan fingerprint density at radius 1 is 1.05 bits per heavy atom. The Bertz CT molecular complexity index is 883. The van der Waals surface area contributed by atoms with Crippen molar-refractivity contribution in [3.8, 4) is 0 Å². The number of nitrogens with zero attached hydrogens (tertiary/aromatic N) is 2. The minimum Gasteiger partial charge on any atom is -0.298 e. The highest BCUT2D eigenvalue weighted by atomic mass is 32.2. The van der Waals surface area contributed by atoms with Gasteiger partial charge in [-0.15, -0.1) is 0 Å². The van der Waals surface area contributed by atoms with Crippen LogP contribution in [0, 0.1) is 0 Å². The molecule has 0 aliphatic carbocycles. The minimum atomic E-state index is -3.74. The van der Waals surface area contributed by atoms with E-state index in [0.29, 0.717) is 17.3 Å². The van der Waals surface area contributed by atoms with Crippen LogP contribution in [0.4, 0.5) is 0 Å². The van der Waals surface area contributed by atoms with E-state index < -0.39 is 10.0 Å². The van der Waals surface area contributed by atoms with Crippen molar-refractivity contribution >= 4 is 27.3 Å². The summed E-state index contributed by atoms with van der Waals surface area (Å²) in [6.45, 7) is 0. The fourth-order valence-electron chi connectivity index (χ4n) is 2.05. The van der Waals surface area contributed by atoms with E-state index in [4.69, 9.17) is 0 Å². The second-order valence-corrected chi connectivity index (χ2v) is 6.00. The number of carbonyl (C=O) groups excluding carboxylic acids is 1. The van der Waals surface area contributed by atoms with Crippen LogP contribution < -0.4 is 0 Å². The SMILES string of the molecule is O=Cc1cn(S(=O)(=O)c2ccccc2)c2cccnc12. The molecular weight excluding hydrogens is 276 g/mol. The van der Waals surface area contributed by atoms with E-state index in [1.807, 2.05) is 0 Å². The highest BCUT2D eigenvalue weighted by Crippen LogP contribution is 2.23. The number of hydrogen-bond acceptors (Lipinski definition) is 4. The molecule has 0 spiro atoms. The average Bonchev–Trinajstić information content (AvgIpc) is 2.88.